The number of aromatic amines is 2. The average molecular weight is 321 g/mol. The van der Waals surface area contributed by atoms with Crippen LogP contribution in [0, 0.1) is 6.92 Å². The molecule has 0 saturated heterocycles. The lowest BCUT2D eigenvalue weighted by atomic mass is 10.1. The van der Waals surface area contributed by atoms with E-state index in [0.29, 0.717) is 18.5 Å². The minimum Gasteiger partial charge on any atom is -0.361 e. The van der Waals surface area contributed by atoms with E-state index >= 15 is 0 Å². The van der Waals surface area contributed by atoms with E-state index in [1.54, 1.807) is 0 Å². The third kappa shape index (κ3) is 2.15. The number of rotatable bonds is 4. The van der Waals surface area contributed by atoms with Crippen molar-refractivity contribution in [1.29, 1.82) is 0 Å². The maximum Gasteiger partial charge on any atom is 0.262 e. The topological polar surface area (TPSA) is 92.5 Å². The molecule has 4 N–H and O–H groups in total. The molecule has 4 aromatic rings. The summed E-state index contributed by atoms with van der Waals surface area (Å²) in [4.78, 5) is 16.1. The molecule has 0 radical (unpaired) electrons. The highest BCUT2D eigenvalue weighted by molar-refractivity contribution is 6.05. The van der Waals surface area contributed by atoms with Crippen LogP contribution in [0.25, 0.3) is 33.1 Å². The summed E-state index contributed by atoms with van der Waals surface area (Å²) in [5.41, 5.74) is 10.2. The second-order valence-corrected chi connectivity index (χ2v) is 5.99. The second-order valence-electron chi connectivity index (χ2n) is 5.99. The number of aryl methyl sites for hydroxylation is 2. The van der Waals surface area contributed by atoms with Crippen LogP contribution in [0.15, 0.2) is 41.3 Å². The van der Waals surface area contributed by atoms with Gasteiger partial charge in [0.25, 0.3) is 5.56 Å². The zero-order valence-corrected chi connectivity index (χ0v) is 13.5. The molecule has 3 heterocycles. The number of benzene rings is 1. The lowest BCUT2D eigenvalue weighted by Crippen LogP contribution is -2.22. The van der Waals surface area contributed by atoms with Crippen molar-refractivity contribution in [3.63, 3.8) is 0 Å². The molecular weight excluding hydrogens is 302 g/mol. The van der Waals surface area contributed by atoms with Crippen molar-refractivity contribution in [3.05, 3.63) is 52.6 Å². The Kier molecular flexibility index (Phi) is 3.46. The molecule has 0 spiro atoms. The third-order valence-corrected chi connectivity index (χ3v) is 4.44. The first-order valence-corrected chi connectivity index (χ1v) is 8.06. The van der Waals surface area contributed by atoms with Crippen LogP contribution in [0.3, 0.4) is 0 Å². The Morgan fingerprint density at radius 3 is 2.92 bits per heavy atom. The van der Waals surface area contributed by atoms with Gasteiger partial charge in [-0.2, -0.15) is 5.10 Å². The van der Waals surface area contributed by atoms with Gasteiger partial charge in [-0.05, 0) is 49.7 Å². The number of hydrogen-bond acceptors (Lipinski definition) is 3. The Balaban J connectivity index is 2.08. The first-order chi connectivity index (χ1) is 11.7. The number of nitrogens with two attached hydrogens (primary N) is 1. The lowest BCUT2D eigenvalue weighted by molar-refractivity contribution is 0.654. The van der Waals surface area contributed by atoms with Crippen molar-refractivity contribution in [2.75, 3.05) is 6.54 Å². The number of hydrogen-bond donors (Lipinski definition) is 3. The van der Waals surface area contributed by atoms with E-state index in [1.807, 2.05) is 42.0 Å². The highest BCUT2D eigenvalue weighted by Crippen LogP contribution is 2.27. The summed E-state index contributed by atoms with van der Waals surface area (Å²) in [5, 5.41) is 8.96. The fourth-order valence-corrected chi connectivity index (χ4v) is 3.24. The highest BCUT2D eigenvalue weighted by Gasteiger charge is 2.15. The minimum absolute atomic E-state index is 0.00942. The maximum absolute atomic E-state index is 12.9. The summed E-state index contributed by atoms with van der Waals surface area (Å²) in [7, 11) is 0. The van der Waals surface area contributed by atoms with Gasteiger partial charge < -0.3 is 15.3 Å². The molecule has 0 aliphatic carbocycles. The Labute approximate surface area is 138 Å². The van der Waals surface area contributed by atoms with E-state index in [2.05, 4.69) is 21.2 Å². The predicted octanol–water partition coefficient (Wildman–Crippen LogP) is 2.53. The highest BCUT2D eigenvalue weighted by atomic mass is 16.1. The molecular formula is C18H19N5O. The zero-order chi connectivity index (χ0) is 16.7. The molecule has 24 heavy (non-hydrogen) atoms. The van der Waals surface area contributed by atoms with E-state index in [-0.39, 0.29) is 5.56 Å². The van der Waals surface area contributed by atoms with Gasteiger partial charge >= 0.3 is 0 Å². The second kappa shape index (κ2) is 5.65. The zero-order valence-electron chi connectivity index (χ0n) is 13.5. The van der Waals surface area contributed by atoms with Crippen LogP contribution in [-0.4, -0.2) is 26.3 Å². The number of aromatic nitrogens is 4. The van der Waals surface area contributed by atoms with Gasteiger partial charge in [-0.1, -0.05) is 6.07 Å². The van der Waals surface area contributed by atoms with Gasteiger partial charge in [0.15, 0.2) is 0 Å². The molecule has 6 heteroatoms. The van der Waals surface area contributed by atoms with E-state index in [0.717, 1.165) is 39.8 Å². The third-order valence-electron chi connectivity index (χ3n) is 4.44. The summed E-state index contributed by atoms with van der Waals surface area (Å²) in [6, 6.07) is 10.1. The van der Waals surface area contributed by atoms with Gasteiger partial charge in [0, 0.05) is 29.5 Å². The van der Waals surface area contributed by atoms with Crippen molar-refractivity contribution >= 4 is 21.8 Å². The summed E-state index contributed by atoms with van der Waals surface area (Å²) in [6.07, 6.45) is 2.66. The van der Waals surface area contributed by atoms with Gasteiger partial charge in [0.05, 0.1) is 10.9 Å². The molecule has 0 atom stereocenters. The van der Waals surface area contributed by atoms with Gasteiger partial charge in [-0.3, -0.25) is 9.89 Å². The van der Waals surface area contributed by atoms with Gasteiger partial charge in [0.1, 0.15) is 5.52 Å². The average Bonchev–Trinajstić information content (AvgIpc) is 3.24. The Bertz CT molecular complexity index is 1070. The van der Waals surface area contributed by atoms with Crippen LogP contribution in [-0.2, 0) is 6.54 Å². The van der Waals surface area contributed by atoms with Crippen LogP contribution in [0.5, 0.6) is 0 Å². The van der Waals surface area contributed by atoms with Crippen LogP contribution < -0.4 is 11.3 Å². The fraction of sp³-hybridized carbons (Fsp3) is 0.222. The Morgan fingerprint density at radius 1 is 1.29 bits per heavy atom. The Hall–Kier alpha value is -2.86. The van der Waals surface area contributed by atoms with Crippen LogP contribution in [0.4, 0.5) is 0 Å². The van der Waals surface area contributed by atoms with Gasteiger partial charge in [0.2, 0.25) is 0 Å². The van der Waals surface area contributed by atoms with Gasteiger partial charge in [-0.15, -0.1) is 0 Å². The van der Waals surface area contributed by atoms with E-state index < -0.39 is 0 Å². The van der Waals surface area contributed by atoms with Crippen LogP contribution >= 0.6 is 0 Å². The number of H-pyrrole nitrogens is 2. The molecule has 3 aromatic heterocycles. The summed E-state index contributed by atoms with van der Waals surface area (Å²) >= 11 is 0. The van der Waals surface area contributed by atoms with Crippen LogP contribution in [0.1, 0.15) is 12.1 Å². The monoisotopic (exact) mass is 321 g/mol. The molecule has 6 nitrogen and oxygen atoms in total. The standard InChI is InChI=1S/C18H19N5O/c1-11-16-17(22-21-11)13-10-12(14-4-2-8-20-14)5-6-15(13)23(18(16)24)9-3-7-19/h2,4-6,8,10,20H,3,7,9,19H2,1H3,(H,21,22). The number of fused-ring (bicyclic) bond motifs is 3. The van der Waals surface area contributed by atoms with Crippen molar-refractivity contribution in [2.45, 2.75) is 19.9 Å². The van der Waals surface area contributed by atoms with Crippen molar-refractivity contribution in [2.24, 2.45) is 5.73 Å². The quantitative estimate of drug-likeness (QED) is 0.539. The van der Waals surface area contributed by atoms with E-state index in [9.17, 15) is 4.79 Å². The fourth-order valence-electron chi connectivity index (χ4n) is 3.24. The smallest absolute Gasteiger partial charge is 0.262 e. The molecule has 4 rings (SSSR count). The molecule has 0 amide bonds. The molecule has 0 fully saturated rings. The minimum atomic E-state index is -0.00942. The Morgan fingerprint density at radius 2 is 2.17 bits per heavy atom. The van der Waals surface area contributed by atoms with E-state index in [4.69, 9.17) is 5.73 Å². The molecule has 0 aliphatic rings. The first-order valence-electron chi connectivity index (χ1n) is 8.06. The number of nitrogens with zero attached hydrogens (tertiary/aromatic N) is 2. The summed E-state index contributed by atoms with van der Waals surface area (Å²) in [5.74, 6) is 0. The van der Waals surface area contributed by atoms with Crippen molar-refractivity contribution < 1.29 is 0 Å². The largest absolute Gasteiger partial charge is 0.361 e. The van der Waals surface area contributed by atoms with Crippen molar-refractivity contribution in [1.82, 2.24) is 19.7 Å². The molecule has 0 unspecified atom stereocenters. The maximum atomic E-state index is 12.9. The van der Waals surface area contributed by atoms with Gasteiger partial charge in [-0.25, -0.2) is 0 Å². The SMILES string of the molecule is Cc1[nH]nc2c1c(=O)n(CCCN)c1ccc(-c3ccc[nH]3)cc21. The summed E-state index contributed by atoms with van der Waals surface area (Å²) in [6.45, 7) is 3.04. The summed E-state index contributed by atoms with van der Waals surface area (Å²) < 4.78 is 1.81. The number of pyridine rings is 1. The van der Waals surface area contributed by atoms with Crippen molar-refractivity contribution in [3.8, 4) is 11.3 Å². The molecule has 122 valence electrons. The predicted molar refractivity (Wildman–Crippen MR) is 96.1 cm³/mol. The first kappa shape index (κ1) is 14.7. The van der Waals surface area contributed by atoms with E-state index in [1.165, 1.54) is 0 Å². The lowest BCUT2D eigenvalue weighted by Gasteiger charge is -2.12. The molecule has 0 aliphatic heterocycles. The molecule has 0 saturated carbocycles. The molecule has 0 bridgehead atoms. The van der Waals surface area contributed by atoms with Crippen LogP contribution in [0.2, 0.25) is 0 Å². The molecule has 1 aromatic carbocycles. The normalized spacial score (nSPS) is 11.6. The number of nitrogens with one attached hydrogen (secondary N) is 2.